The van der Waals surface area contributed by atoms with Crippen LogP contribution in [0.3, 0.4) is 0 Å². The summed E-state index contributed by atoms with van der Waals surface area (Å²) in [5.74, 6) is 0.0102. The first-order valence-electron chi connectivity index (χ1n) is 11.5. The standard InChI is InChI=1S/C27H29N3O5/c1-34-25-12-11-22(15-24(25)29-26(32)17-30-13-14-35-23(16-30)18-31)28-27(33)21-9-7-20(8-10-21)19-5-3-2-4-6-19/h2-12,15,23,31H,13-14,16-18H2,1H3,(H,28,33)(H,29,32)/t23-/m0/s1. The maximum absolute atomic E-state index is 12.8. The number of nitrogens with one attached hydrogen (secondary N) is 2. The van der Waals surface area contributed by atoms with Gasteiger partial charge in [-0.1, -0.05) is 42.5 Å². The molecule has 1 fully saturated rings. The zero-order valence-electron chi connectivity index (χ0n) is 19.6. The normalized spacial score (nSPS) is 15.9. The van der Waals surface area contributed by atoms with E-state index in [0.29, 0.717) is 42.4 Å². The number of hydrogen-bond donors (Lipinski definition) is 3. The molecule has 1 aliphatic rings. The van der Waals surface area contributed by atoms with Gasteiger partial charge in [0.15, 0.2) is 0 Å². The summed E-state index contributed by atoms with van der Waals surface area (Å²) in [7, 11) is 1.52. The number of ether oxygens (including phenoxy) is 2. The van der Waals surface area contributed by atoms with Crippen molar-refractivity contribution < 1.29 is 24.2 Å². The van der Waals surface area contributed by atoms with E-state index in [-0.39, 0.29) is 31.1 Å². The first kappa shape index (κ1) is 24.4. The number of amides is 2. The maximum atomic E-state index is 12.8. The zero-order chi connectivity index (χ0) is 24.6. The Kier molecular flexibility index (Phi) is 8.10. The molecule has 1 atom stereocenters. The number of hydrogen-bond acceptors (Lipinski definition) is 6. The van der Waals surface area contributed by atoms with Gasteiger partial charge in [0.25, 0.3) is 5.91 Å². The SMILES string of the molecule is COc1ccc(NC(=O)c2ccc(-c3ccccc3)cc2)cc1NC(=O)CN1CCO[C@H](CO)C1. The zero-order valence-corrected chi connectivity index (χ0v) is 19.6. The number of carbonyl (C=O) groups is 2. The van der Waals surface area contributed by atoms with E-state index in [1.165, 1.54) is 7.11 Å². The van der Waals surface area contributed by atoms with Gasteiger partial charge < -0.3 is 25.2 Å². The minimum atomic E-state index is -0.286. The molecule has 1 aliphatic heterocycles. The quantitative estimate of drug-likeness (QED) is 0.463. The molecule has 35 heavy (non-hydrogen) atoms. The van der Waals surface area contributed by atoms with Crippen molar-refractivity contribution in [3.63, 3.8) is 0 Å². The van der Waals surface area contributed by atoms with Crippen LogP contribution in [0.2, 0.25) is 0 Å². The van der Waals surface area contributed by atoms with E-state index >= 15 is 0 Å². The number of rotatable bonds is 8. The van der Waals surface area contributed by atoms with Crippen molar-refractivity contribution in [2.45, 2.75) is 6.10 Å². The van der Waals surface area contributed by atoms with Gasteiger partial charge in [0.2, 0.25) is 5.91 Å². The Balaban J connectivity index is 1.40. The van der Waals surface area contributed by atoms with Gasteiger partial charge in [-0.3, -0.25) is 14.5 Å². The molecule has 3 aromatic rings. The molecule has 3 aromatic carbocycles. The van der Waals surface area contributed by atoms with Gasteiger partial charge in [-0.05, 0) is 41.5 Å². The molecule has 0 aromatic heterocycles. The summed E-state index contributed by atoms with van der Waals surface area (Å²) in [6, 6.07) is 22.4. The highest BCUT2D eigenvalue weighted by atomic mass is 16.5. The Bertz CT molecular complexity index is 1150. The van der Waals surface area contributed by atoms with Gasteiger partial charge in [-0.25, -0.2) is 0 Å². The lowest BCUT2D eigenvalue weighted by Crippen LogP contribution is -2.46. The predicted octanol–water partition coefficient (Wildman–Crippen LogP) is 3.25. The summed E-state index contributed by atoms with van der Waals surface area (Å²) in [4.78, 5) is 27.4. The van der Waals surface area contributed by atoms with E-state index in [1.807, 2.05) is 47.4 Å². The molecule has 8 heteroatoms. The van der Waals surface area contributed by atoms with Crippen LogP contribution in [0.5, 0.6) is 5.75 Å². The van der Waals surface area contributed by atoms with Crippen molar-refractivity contribution in [2.24, 2.45) is 0 Å². The van der Waals surface area contributed by atoms with Crippen molar-refractivity contribution in [2.75, 3.05) is 50.6 Å². The molecule has 182 valence electrons. The van der Waals surface area contributed by atoms with Gasteiger partial charge in [0, 0.05) is 24.3 Å². The Morgan fingerprint density at radius 2 is 1.77 bits per heavy atom. The molecule has 0 radical (unpaired) electrons. The fourth-order valence-corrected chi connectivity index (χ4v) is 3.96. The summed E-state index contributed by atoms with van der Waals surface area (Å²) < 4.78 is 10.8. The highest BCUT2D eigenvalue weighted by molar-refractivity contribution is 6.05. The molecule has 0 unspecified atom stereocenters. The van der Waals surface area contributed by atoms with Gasteiger partial charge in [-0.2, -0.15) is 0 Å². The van der Waals surface area contributed by atoms with Crippen molar-refractivity contribution >= 4 is 23.2 Å². The molecule has 0 saturated carbocycles. The number of benzene rings is 3. The molecule has 3 N–H and O–H groups in total. The lowest BCUT2D eigenvalue weighted by Gasteiger charge is -2.31. The fraction of sp³-hybridized carbons (Fsp3) is 0.259. The molecule has 0 aliphatic carbocycles. The summed E-state index contributed by atoms with van der Waals surface area (Å²) >= 11 is 0. The topological polar surface area (TPSA) is 100 Å². The van der Waals surface area contributed by atoms with Crippen molar-refractivity contribution in [3.05, 3.63) is 78.4 Å². The Morgan fingerprint density at radius 1 is 1.03 bits per heavy atom. The number of nitrogens with zero attached hydrogens (tertiary/aromatic N) is 1. The first-order chi connectivity index (χ1) is 17.1. The third-order valence-corrected chi connectivity index (χ3v) is 5.78. The minimum Gasteiger partial charge on any atom is -0.495 e. The van der Waals surface area contributed by atoms with Crippen LogP contribution in [-0.4, -0.2) is 67.9 Å². The molecule has 1 saturated heterocycles. The Hall–Kier alpha value is -3.72. The Morgan fingerprint density at radius 3 is 2.49 bits per heavy atom. The predicted molar refractivity (Wildman–Crippen MR) is 135 cm³/mol. The second-order valence-electron chi connectivity index (χ2n) is 8.27. The van der Waals surface area contributed by atoms with Crippen molar-refractivity contribution in [1.29, 1.82) is 0 Å². The highest BCUT2D eigenvalue weighted by Gasteiger charge is 2.22. The van der Waals surface area contributed by atoms with Gasteiger partial charge in [-0.15, -0.1) is 0 Å². The lowest BCUT2D eigenvalue weighted by molar-refractivity contribution is -0.120. The van der Waals surface area contributed by atoms with Crippen molar-refractivity contribution in [3.8, 4) is 16.9 Å². The van der Waals surface area contributed by atoms with Gasteiger partial charge >= 0.3 is 0 Å². The number of anilines is 2. The average molecular weight is 476 g/mol. The van der Waals surface area contributed by atoms with E-state index in [9.17, 15) is 14.7 Å². The summed E-state index contributed by atoms with van der Waals surface area (Å²) in [6.45, 7) is 1.64. The third kappa shape index (κ3) is 6.45. The van der Waals surface area contributed by atoms with Gasteiger partial charge in [0.05, 0.1) is 38.7 Å². The van der Waals surface area contributed by atoms with Crippen LogP contribution in [0, 0.1) is 0 Å². The minimum absolute atomic E-state index is 0.0807. The summed E-state index contributed by atoms with van der Waals surface area (Å²) in [5.41, 5.74) is 3.63. The van der Waals surface area contributed by atoms with Gasteiger partial charge in [0.1, 0.15) is 5.75 Å². The monoisotopic (exact) mass is 475 g/mol. The number of morpholine rings is 1. The maximum Gasteiger partial charge on any atom is 0.255 e. The first-order valence-corrected chi connectivity index (χ1v) is 11.5. The molecular formula is C27H29N3O5. The van der Waals surface area contributed by atoms with Crippen LogP contribution < -0.4 is 15.4 Å². The smallest absolute Gasteiger partial charge is 0.255 e. The van der Waals surface area contributed by atoms with Crippen molar-refractivity contribution in [1.82, 2.24) is 4.90 Å². The summed E-state index contributed by atoms with van der Waals surface area (Å²) in [5, 5.41) is 15.0. The molecule has 2 amide bonds. The second kappa shape index (κ2) is 11.6. The van der Waals surface area contributed by atoms with Crippen LogP contribution in [0.25, 0.3) is 11.1 Å². The molecular weight excluding hydrogens is 446 g/mol. The summed E-state index contributed by atoms with van der Waals surface area (Å²) in [6.07, 6.45) is -0.286. The largest absolute Gasteiger partial charge is 0.495 e. The van der Waals surface area contributed by atoms with Crippen LogP contribution >= 0.6 is 0 Å². The van der Waals surface area contributed by atoms with E-state index in [2.05, 4.69) is 10.6 Å². The van der Waals surface area contributed by atoms with E-state index in [4.69, 9.17) is 9.47 Å². The van der Waals surface area contributed by atoms with Crippen LogP contribution in [0.4, 0.5) is 11.4 Å². The van der Waals surface area contributed by atoms with E-state index < -0.39 is 0 Å². The Labute approximate surface area is 204 Å². The molecule has 8 nitrogen and oxygen atoms in total. The van der Waals surface area contributed by atoms with Crippen LogP contribution in [-0.2, 0) is 9.53 Å². The average Bonchev–Trinajstić information content (AvgIpc) is 2.89. The number of methoxy groups -OCH3 is 1. The second-order valence-corrected chi connectivity index (χ2v) is 8.27. The fourth-order valence-electron chi connectivity index (χ4n) is 3.96. The van der Waals surface area contributed by atoms with Crippen LogP contribution in [0.15, 0.2) is 72.8 Å². The molecule has 0 bridgehead atoms. The third-order valence-electron chi connectivity index (χ3n) is 5.78. The number of aliphatic hydroxyl groups is 1. The molecule has 0 spiro atoms. The van der Waals surface area contributed by atoms with Crippen LogP contribution in [0.1, 0.15) is 10.4 Å². The molecule has 4 rings (SSSR count). The number of carbonyl (C=O) groups excluding carboxylic acids is 2. The number of aliphatic hydroxyl groups excluding tert-OH is 1. The van der Waals surface area contributed by atoms with E-state index in [1.54, 1.807) is 30.3 Å². The van der Waals surface area contributed by atoms with E-state index in [0.717, 1.165) is 11.1 Å². The molecule has 1 heterocycles. The lowest BCUT2D eigenvalue weighted by atomic mass is 10.0. The highest BCUT2D eigenvalue weighted by Crippen LogP contribution is 2.28.